The Morgan fingerprint density at radius 1 is 1.71 bits per heavy atom. The average molecular weight is 199 g/mol. The first-order chi connectivity index (χ1) is 6.57. The summed E-state index contributed by atoms with van der Waals surface area (Å²) in [5.41, 5.74) is 0. The standard InChI is InChI=1S/C9H18BNO3/c1-4-14-9(12)8-7(2)5-6-11(8)10(3)13/h7-8,13H,4-6H2,1-3H3/t7-,8-/m1/s1. The molecule has 0 aliphatic carbocycles. The molecule has 4 nitrogen and oxygen atoms in total. The van der Waals surface area contributed by atoms with Gasteiger partial charge < -0.3 is 14.6 Å². The second kappa shape index (κ2) is 4.80. The van der Waals surface area contributed by atoms with Crippen LogP contribution in [0.4, 0.5) is 0 Å². The molecule has 1 heterocycles. The topological polar surface area (TPSA) is 49.8 Å². The maximum absolute atomic E-state index is 11.6. The van der Waals surface area contributed by atoms with E-state index in [0.717, 1.165) is 13.0 Å². The van der Waals surface area contributed by atoms with E-state index in [9.17, 15) is 9.82 Å². The second-order valence-electron chi connectivity index (χ2n) is 3.83. The molecule has 0 saturated carbocycles. The predicted octanol–water partition coefficient (Wildman–Crippen LogP) is 0.370. The van der Waals surface area contributed by atoms with Crippen LogP contribution in [0.25, 0.3) is 0 Å². The van der Waals surface area contributed by atoms with E-state index in [2.05, 4.69) is 0 Å². The summed E-state index contributed by atoms with van der Waals surface area (Å²) >= 11 is 0. The van der Waals surface area contributed by atoms with Crippen LogP contribution in [0.2, 0.25) is 6.82 Å². The molecule has 14 heavy (non-hydrogen) atoms. The quantitative estimate of drug-likeness (QED) is 0.527. The molecule has 0 aromatic heterocycles. The van der Waals surface area contributed by atoms with Gasteiger partial charge in [-0.1, -0.05) is 6.92 Å². The van der Waals surface area contributed by atoms with Crippen LogP contribution in [0.3, 0.4) is 0 Å². The van der Waals surface area contributed by atoms with E-state index in [-0.39, 0.29) is 17.9 Å². The SMILES string of the molecule is CCOC(=O)[C@H]1[C@H](C)CCN1B(C)O. The van der Waals surface area contributed by atoms with Crippen molar-refractivity contribution in [2.24, 2.45) is 5.92 Å². The smallest absolute Gasteiger partial charge is 0.377 e. The number of hydrogen-bond acceptors (Lipinski definition) is 4. The minimum Gasteiger partial charge on any atom is -0.465 e. The van der Waals surface area contributed by atoms with E-state index in [0.29, 0.717) is 6.61 Å². The molecule has 1 fully saturated rings. The van der Waals surface area contributed by atoms with E-state index < -0.39 is 7.05 Å². The van der Waals surface area contributed by atoms with Crippen molar-refractivity contribution in [2.45, 2.75) is 33.1 Å². The van der Waals surface area contributed by atoms with Gasteiger partial charge >= 0.3 is 13.0 Å². The number of hydrogen-bond donors (Lipinski definition) is 1. The second-order valence-corrected chi connectivity index (χ2v) is 3.83. The van der Waals surface area contributed by atoms with Gasteiger partial charge in [-0.2, -0.15) is 0 Å². The summed E-state index contributed by atoms with van der Waals surface area (Å²) in [6, 6.07) is -0.269. The molecule has 0 unspecified atom stereocenters. The molecule has 5 heteroatoms. The van der Waals surface area contributed by atoms with Crippen LogP contribution < -0.4 is 0 Å². The summed E-state index contributed by atoms with van der Waals surface area (Å²) in [4.78, 5) is 13.4. The van der Waals surface area contributed by atoms with Gasteiger partial charge in [0, 0.05) is 0 Å². The Labute approximate surface area is 85.4 Å². The molecule has 0 bridgehead atoms. The number of rotatable bonds is 3. The zero-order chi connectivity index (χ0) is 10.7. The predicted molar refractivity (Wildman–Crippen MR) is 54.7 cm³/mol. The van der Waals surface area contributed by atoms with Crippen molar-refractivity contribution in [3.8, 4) is 0 Å². The normalized spacial score (nSPS) is 27.7. The van der Waals surface area contributed by atoms with Crippen LogP contribution in [-0.4, -0.2) is 42.0 Å². The first kappa shape index (κ1) is 11.5. The molecule has 0 radical (unpaired) electrons. The van der Waals surface area contributed by atoms with Crippen molar-refractivity contribution < 1.29 is 14.6 Å². The number of carbonyl (C=O) groups excluding carboxylic acids is 1. The summed E-state index contributed by atoms with van der Waals surface area (Å²) < 4.78 is 4.98. The Kier molecular flexibility index (Phi) is 3.95. The number of nitrogens with zero attached hydrogens (tertiary/aromatic N) is 1. The molecule has 0 aromatic rings. The molecule has 0 aromatic carbocycles. The van der Waals surface area contributed by atoms with Crippen molar-refractivity contribution in [3.63, 3.8) is 0 Å². The Morgan fingerprint density at radius 3 is 2.86 bits per heavy atom. The van der Waals surface area contributed by atoms with Crippen molar-refractivity contribution >= 4 is 13.0 Å². The fraction of sp³-hybridized carbons (Fsp3) is 0.889. The summed E-state index contributed by atoms with van der Waals surface area (Å²) in [5.74, 6) is 0.0575. The Morgan fingerprint density at radius 2 is 2.36 bits per heavy atom. The third-order valence-electron chi connectivity index (χ3n) is 2.75. The summed E-state index contributed by atoms with van der Waals surface area (Å²) in [7, 11) is -0.575. The maximum Gasteiger partial charge on any atom is 0.377 e. The van der Waals surface area contributed by atoms with Crippen molar-refractivity contribution in [1.29, 1.82) is 0 Å². The number of ether oxygens (including phenoxy) is 1. The Bertz CT molecular complexity index is 210. The van der Waals surface area contributed by atoms with Gasteiger partial charge in [-0.25, -0.2) is 0 Å². The molecule has 1 rings (SSSR count). The molecule has 1 aliphatic rings. The van der Waals surface area contributed by atoms with Crippen LogP contribution in [-0.2, 0) is 9.53 Å². The molecule has 1 saturated heterocycles. The van der Waals surface area contributed by atoms with Gasteiger partial charge in [-0.05, 0) is 32.6 Å². The van der Waals surface area contributed by atoms with E-state index in [1.165, 1.54) is 0 Å². The van der Waals surface area contributed by atoms with E-state index in [1.54, 1.807) is 18.6 Å². The molecule has 2 atom stereocenters. The largest absolute Gasteiger partial charge is 0.465 e. The molecule has 0 amide bonds. The third kappa shape index (κ3) is 2.28. The van der Waals surface area contributed by atoms with Crippen LogP contribution in [0.15, 0.2) is 0 Å². The Balaban J connectivity index is 2.66. The summed E-state index contributed by atoms with van der Waals surface area (Å²) in [6.07, 6.45) is 0.939. The van der Waals surface area contributed by atoms with Crippen molar-refractivity contribution in [2.75, 3.05) is 13.2 Å². The van der Waals surface area contributed by atoms with Gasteiger partial charge in [0.2, 0.25) is 0 Å². The lowest BCUT2D eigenvalue weighted by atomic mass is 9.83. The zero-order valence-electron chi connectivity index (χ0n) is 9.06. The van der Waals surface area contributed by atoms with Crippen LogP contribution in [0.1, 0.15) is 20.3 Å². The monoisotopic (exact) mass is 199 g/mol. The highest BCUT2D eigenvalue weighted by Gasteiger charge is 2.40. The zero-order valence-corrected chi connectivity index (χ0v) is 9.06. The first-order valence-electron chi connectivity index (χ1n) is 5.18. The Hall–Kier alpha value is -0.545. The molecule has 1 aliphatic heterocycles. The minimum atomic E-state index is -0.575. The average Bonchev–Trinajstić information content (AvgIpc) is 2.47. The lowest BCUT2D eigenvalue weighted by molar-refractivity contribution is -0.148. The molecule has 0 spiro atoms. The fourth-order valence-corrected chi connectivity index (χ4v) is 1.99. The molecule has 80 valence electrons. The van der Waals surface area contributed by atoms with Gasteiger partial charge in [0.15, 0.2) is 0 Å². The molecular formula is C9H18BNO3. The third-order valence-corrected chi connectivity index (χ3v) is 2.75. The highest BCUT2D eigenvalue weighted by Crippen LogP contribution is 2.25. The fourth-order valence-electron chi connectivity index (χ4n) is 1.99. The summed E-state index contributed by atoms with van der Waals surface area (Å²) in [5, 5.41) is 9.48. The number of esters is 1. The first-order valence-corrected chi connectivity index (χ1v) is 5.18. The maximum atomic E-state index is 11.6. The van der Waals surface area contributed by atoms with E-state index in [4.69, 9.17) is 4.74 Å². The molecule has 1 N–H and O–H groups in total. The lowest BCUT2D eigenvalue weighted by Crippen LogP contribution is -2.47. The van der Waals surface area contributed by atoms with Crippen molar-refractivity contribution in [1.82, 2.24) is 4.81 Å². The van der Waals surface area contributed by atoms with Gasteiger partial charge in [-0.3, -0.25) is 4.79 Å². The number of carbonyl (C=O) groups is 1. The van der Waals surface area contributed by atoms with Crippen LogP contribution in [0.5, 0.6) is 0 Å². The van der Waals surface area contributed by atoms with Crippen molar-refractivity contribution in [3.05, 3.63) is 0 Å². The summed E-state index contributed by atoms with van der Waals surface area (Å²) in [6.45, 7) is 6.66. The van der Waals surface area contributed by atoms with Crippen LogP contribution >= 0.6 is 0 Å². The highest BCUT2D eigenvalue weighted by molar-refractivity contribution is 6.45. The van der Waals surface area contributed by atoms with Gasteiger partial charge in [0.05, 0.1) is 6.61 Å². The van der Waals surface area contributed by atoms with Crippen LogP contribution in [0, 0.1) is 5.92 Å². The molecular weight excluding hydrogens is 181 g/mol. The van der Waals surface area contributed by atoms with E-state index in [1.807, 2.05) is 6.92 Å². The van der Waals surface area contributed by atoms with Gasteiger partial charge in [0.25, 0.3) is 0 Å². The minimum absolute atomic E-state index is 0.210. The van der Waals surface area contributed by atoms with E-state index >= 15 is 0 Å². The lowest BCUT2D eigenvalue weighted by Gasteiger charge is -2.25. The van der Waals surface area contributed by atoms with Gasteiger partial charge in [-0.15, -0.1) is 0 Å². The highest BCUT2D eigenvalue weighted by atomic mass is 16.5. The van der Waals surface area contributed by atoms with Gasteiger partial charge in [0.1, 0.15) is 6.04 Å².